The fraction of sp³-hybridized carbons (Fsp3) is 0.700. The molecule has 0 aromatic rings. The van der Waals surface area contributed by atoms with Crippen molar-refractivity contribution in [1.29, 1.82) is 0 Å². The summed E-state index contributed by atoms with van der Waals surface area (Å²) in [5.41, 5.74) is 5.71. The lowest BCUT2D eigenvalue weighted by Crippen LogP contribution is -2.68. The Kier molecular flexibility index (Phi) is 3.22. The van der Waals surface area contributed by atoms with Gasteiger partial charge in [0.05, 0.1) is 0 Å². The predicted molar refractivity (Wildman–Crippen MR) is 75.0 cm³/mol. The van der Waals surface area contributed by atoms with Crippen molar-refractivity contribution in [3.63, 3.8) is 0 Å². The molecule has 1 aliphatic heterocycles. The van der Waals surface area contributed by atoms with Crippen molar-refractivity contribution in [3.05, 3.63) is 0 Å². The van der Waals surface area contributed by atoms with Gasteiger partial charge in [0.1, 0.15) is 22.0 Å². The minimum absolute atomic E-state index is 0.200. The number of alkyl halides is 1. The Labute approximate surface area is 103 Å². The van der Waals surface area contributed by atoms with Crippen molar-refractivity contribution >= 4 is 33.3 Å². The molecule has 4 nitrogen and oxygen atoms in total. The molecule has 0 bridgehead atoms. The molecule has 0 radical (unpaired) electrons. The Balaban J connectivity index is 3.49. The number of halogens is 1. The SMILES string of the molecule is C[Si](C)(C)C1=NC(=O)N=C(N)C1(F)[Si](C)(C)C. The van der Waals surface area contributed by atoms with Crippen LogP contribution in [0.15, 0.2) is 9.98 Å². The molecule has 2 N–H and O–H groups in total. The van der Waals surface area contributed by atoms with E-state index in [1.54, 1.807) is 0 Å². The Bertz CT molecular complexity index is 420. The summed E-state index contributed by atoms with van der Waals surface area (Å²) in [6, 6.07) is -0.675. The number of nitrogens with two attached hydrogens (primary N) is 1. The highest BCUT2D eigenvalue weighted by molar-refractivity contribution is 7.11. The molecule has 0 spiro atoms. The second kappa shape index (κ2) is 3.84. The number of hydrogen-bond donors (Lipinski definition) is 1. The number of carbonyl (C=O) groups is 1. The van der Waals surface area contributed by atoms with Gasteiger partial charge >= 0.3 is 6.03 Å². The summed E-state index contributed by atoms with van der Waals surface area (Å²) in [6.45, 7) is 11.5. The first-order chi connectivity index (χ1) is 7.40. The summed E-state index contributed by atoms with van der Waals surface area (Å²) in [5, 5.41) is -1.44. The number of urea groups is 1. The monoisotopic (exact) mass is 273 g/mol. The molecule has 96 valence electrons. The van der Waals surface area contributed by atoms with Crippen LogP contribution in [0.1, 0.15) is 0 Å². The van der Waals surface area contributed by atoms with Crippen molar-refractivity contribution in [2.45, 2.75) is 44.6 Å². The van der Waals surface area contributed by atoms with Gasteiger partial charge in [0.15, 0.2) is 5.29 Å². The summed E-state index contributed by atoms with van der Waals surface area (Å²) in [5.74, 6) is -0.200. The Morgan fingerprint density at radius 2 is 1.59 bits per heavy atom. The highest BCUT2D eigenvalue weighted by atomic mass is 28.3. The van der Waals surface area contributed by atoms with Gasteiger partial charge in [-0.3, -0.25) is 0 Å². The zero-order valence-electron chi connectivity index (χ0n) is 11.3. The van der Waals surface area contributed by atoms with Crippen LogP contribution in [0.5, 0.6) is 0 Å². The van der Waals surface area contributed by atoms with Crippen LogP contribution in [0, 0.1) is 0 Å². The third-order valence-electron chi connectivity index (χ3n) is 2.85. The van der Waals surface area contributed by atoms with Crippen LogP contribution < -0.4 is 5.73 Å². The van der Waals surface area contributed by atoms with Crippen molar-refractivity contribution in [2.75, 3.05) is 0 Å². The molecule has 0 aliphatic carbocycles. The van der Waals surface area contributed by atoms with E-state index in [2.05, 4.69) is 9.98 Å². The van der Waals surface area contributed by atoms with Crippen LogP contribution in [0.4, 0.5) is 9.18 Å². The molecule has 0 aromatic carbocycles. The average molecular weight is 273 g/mol. The van der Waals surface area contributed by atoms with Gasteiger partial charge in [-0.05, 0) is 0 Å². The van der Waals surface area contributed by atoms with Crippen LogP contribution in [-0.2, 0) is 0 Å². The molecule has 0 aromatic heterocycles. The maximum absolute atomic E-state index is 15.4. The summed E-state index contributed by atoms with van der Waals surface area (Å²) < 4.78 is 15.4. The van der Waals surface area contributed by atoms with E-state index >= 15 is 4.39 Å². The highest BCUT2D eigenvalue weighted by Gasteiger charge is 2.56. The molecule has 1 aliphatic rings. The van der Waals surface area contributed by atoms with Gasteiger partial charge < -0.3 is 5.73 Å². The van der Waals surface area contributed by atoms with Gasteiger partial charge in [-0.2, -0.15) is 4.99 Å². The Morgan fingerprint density at radius 3 is 1.94 bits per heavy atom. The fourth-order valence-corrected chi connectivity index (χ4v) is 7.36. The highest BCUT2D eigenvalue weighted by Crippen LogP contribution is 2.33. The van der Waals surface area contributed by atoms with Gasteiger partial charge in [0.25, 0.3) is 0 Å². The maximum atomic E-state index is 15.4. The van der Waals surface area contributed by atoms with Crippen LogP contribution in [0.3, 0.4) is 0 Å². The van der Waals surface area contributed by atoms with Crippen molar-refractivity contribution < 1.29 is 9.18 Å². The van der Waals surface area contributed by atoms with E-state index in [4.69, 9.17) is 5.73 Å². The van der Waals surface area contributed by atoms with E-state index in [1.165, 1.54) is 0 Å². The van der Waals surface area contributed by atoms with E-state index in [0.717, 1.165) is 0 Å². The third-order valence-corrected chi connectivity index (χ3v) is 7.53. The van der Waals surface area contributed by atoms with E-state index in [-0.39, 0.29) is 5.84 Å². The first kappa shape index (κ1) is 14.2. The number of carbonyl (C=O) groups excluding carboxylic acids is 1. The van der Waals surface area contributed by atoms with Crippen LogP contribution in [-0.4, -0.2) is 38.6 Å². The van der Waals surface area contributed by atoms with Crippen LogP contribution >= 0.6 is 0 Å². The summed E-state index contributed by atoms with van der Waals surface area (Å²) in [6.07, 6.45) is 0. The molecular formula is C10H20FN3OSi2. The fourth-order valence-electron chi connectivity index (χ4n) is 1.92. The standard InChI is InChI=1S/C10H20FN3OSi2/c1-16(2,3)8-10(11,17(4,5)6)7(12)13-9(15)14-8/h1-6H3,(H2,12,13,15). The van der Waals surface area contributed by atoms with Crippen LogP contribution in [0.2, 0.25) is 39.3 Å². The minimum Gasteiger partial charge on any atom is -0.384 e. The molecule has 1 heterocycles. The van der Waals surface area contributed by atoms with Crippen molar-refractivity contribution in [1.82, 2.24) is 0 Å². The molecule has 2 amide bonds. The first-order valence-electron chi connectivity index (χ1n) is 5.58. The molecule has 0 fully saturated rings. The van der Waals surface area contributed by atoms with Gasteiger partial charge in [0, 0.05) is 5.33 Å². The van der Waals surface area contributed by atoms with Crippen LogP contribution in [0.25, 0.3) is 0 Å². The maximum Gasteiger partial charge on any atom is 0.368 e. The van der Waals surface area contributed by atoms with Gasteiger partial charge in [0.2, 0.25) is 0 Å². The van der Waals surface area contributed by atoms with Gasteiger partial charge in [-0.25, -0.2) is 14.2 Å². The second-order valence-electron chi connectivity index (χ2n) is 6.40. The van der Waals surface area contributed by atoms with E-state index in [1.807, 2.05) is 39.3 Å². The van der Waals surface area contributed by atoms with E-state index in [0.29, 0.717) is 5.33 Å². The lowest BCUT2D eigenvalue weighted by molar-refractivity contribution is 0.256. The predicted octanol–water partition coefficient (Wildman–Crippen LogP) is 2.38. The number of amidine groups is 1. The summed E-state index contributed by atoms with van der Waals surface area (Å²) >= 11 is 0. The zero-order valence-corrected chi connectivity index (χ0v) is 13.3. The average Bonchev–Trinajstić information content (AvgIpc) is 2.07. The smallest absolute Gasteiger partial charge is 0.368 e. The quantitative estimate of drug-likeness (QED) is 0.785. The molecule has 7 heteroatoms. The van der Waals surface area contributed by atoms with E-state index in [9.17, 15) is 4.79 Å². The number of aliphatic imine (C=N–C) groups is 2. The largest absolute Gasteiger partial charge is 0.384 e. The number of rotatable bonds is 2. The van der Waals surface area contributed by atoms with Crippen molar-refractivity contribution in [3.8, 4) is 0 Å². The molecule has 1 rings (SSSR count). The molecule has 0 saturated carbocycles. The summed E-state index contributed by atoms with van der Waals surface area (Å²) in [4.78, 5) is 18.7. The first-order valence-corrected chi connectivity index (χ1v) is 12.6. The number of amides is 2. The molecule has 0 saturated heterocycles. The molecule has 1 unspecified atom stereocenters. The molecular weight excluding hydrogens is 253 g/mol. The second-order valence-corrected chi connectivity index (χ2v) is 16.6. The lowest BCUT2D eigenvalue weighted by Gasteiger charge is -2.41. The Morgan fingerprint density at radius 1 is 1.12 bits per heavy atom. The molecule has 1 atom stereocenters. The normalized spacial score (nSPS) is 26.6. The van der Waals surface area contributed by atoms with Crippen molar-refractivity contribution in [2.24, 2.45) is 15.7 Å². The minimum atomic E-state index is -2.32. The zero-order chi connectivity index (χ0) is 13.6. The topological polar surface area (TPSA) is 67.8 Å². The van der Waals surface area contributed by atoms with E-state index < -0.39 is 27.5 Å². The number of nitrogens with zero attached hydrogens (tertiary/aromatic N) is 2. The van der Waals surface area contributed by atoms with Gasteiger partial charge in [-0.1, -0.05) is 39.3 Å². The number of hydrogen-bond acceptors (Lipinski definition) is 2. The lowest BCUT2D eigenvalue weighted by atomic mass is 10.3. The molecule has 17 heavy (non-hydrogen) atoms. The Hall–Kier alpha value is -0.826. The van der Waals surface area contributed by atoms with Gasteiger partial charge in [-0.15, -0.1) is 0 Å². The third kappa shape index (κ3) is 2.25. The summed E-state index contributed by atoms with van der Waals surface area (Å²) in [7, 11) is -4.37.